The van der Waals surface area contributed by atoms with E-state index in [1.807, 2.05) is 41.2 Å². The van der Waals surface area contributed by atoms with Crippen LogP contribution in [0.15, 0.2) is 67.0 Å². The number of carbonyl (C=O) groups is 1. The molecule has 0 bridgehead atoms. The highest BCUT2D eigenvalue weighted by atomic mass is 16.5. The van der Waals surface area contributed by atoms with Gasteiger partial charge in [0.2, 0.25) is 0 Å². The van der Waals surface area contributed by atoms with Gasteiger partial charge in [-0.15, -0.1) is 0 Å². The number of ether oxygens (including phenoxy) is 2. The summed E-state index contributed by atoms with van der Waals surface area (Å²) in [5.41, 5.74) is 2.48. The molecule has 0 aliphatic rings. The van der Waals surface area contributed by atoms with Crippen molar-refractivity contribution in [2.45, 2.75) is 13.5 Å². The van der Waals surface area contributed by atoms with Crippen molar-refractivity contribution >= 4 is 5.97 Å². The summed E-state index contributed by atoms with van der Waals surface area (Å²) < 4.78 is 12.5. The molecule has 0 aliphatic carbocycles. The van der Waals surface area contributed by atoms with Crippen molar-refractivity contribution in [1.29, 1.82) is 0 Å². The van der Waals surface area contributed by atoms with Crippen LogP contribution in [0.5, 0.6) is 5.75 Å². The van der Waals surface area contributed by atoms with Crippen LogP contribution in [0.4, 0.5) is 0 Å². The summed E-state index contributed by atoms with van der Waals surface area (Å²) in [7, 11) is 0. The molecule has 0 N–H and O–H groups in total. The molecule has 5 nitrogen and oxygen atoms in total. The maximum absolute atomic E-state index is 11.6. The predicted octanol–water partition coefficient (Wildman–Crippen LogP) is 3.63. The van der Waals surface area contributed by atoms with Gasteiger partial charge in [0, 0.05) is 11.8 Å². The Morgan fingerprint density at radius 3 is 2.54 bits per heavy atom. The second-order valence-electron chi connectivity index (χ2n) is 5.16. The normalized spacial score (nSPS) is 10.4. The lowest BCUT2D eigenvalue weighted by molar-refractivity contribution is 0.0526. The quantitative estimate of drug-likeness (QED) is 0.650. The summed E-state index contributed by atoms with van der Waals surface area (Å²) >= 11 is 0. The molecular weight excluding hydrogens is 304 g/mol. The number of aromatic nitrogens is 2. The van der Waals surface area contributed by atoms with Crippen molar-refractivity contribution in [3.8, 4) is 11.4 Å². The minimum atomic E-state index is -0.326. The Hall–Kier alpha value is -3.08. The largest absolute Gasteiger partial charge is 0.489 e. The summed E-state index contributed by atoms with van der Waals surface area (Å²) in [5.74, 6) is 0.365. The molecule has 0 saturated heterocycles. The lowest BCUT2D eigenvalue weighted by atomic mass is 10.2. The van der Waals surface area contributed by atoms with Crippen LogP contribution in [0.3, 0.4) is 0 Å². The van der Waals surface area contributed by atoms with E-state index >= 15 is 0 Å². The molecule has 122 valence electrons. The van der Waals surface area contributed by atoms with E-state index in [0.717, 1.165) is 11.3 Å². The second-order valence-corrected chi connectivity index (χ2v) is 5.16. The molecule has 5 heteroatoms. The number of hydrogen-bond acceptors (Lipinski definition) is 4. The van der Waals surface area contributed by atoms with Crippen LogP contribution in [-0.4, -0.2) is 22.4 Å². The van der Waals surface area contributed by atoms with E-state index in [9.17, 15) is 4.79 Å². The average molecular weight is 322 g/mol. The van der Waals surface area contributed by atoms with Gasteiger partial charge in [-0.05, 0) is 43.3 Å². The number of rotatable bonds is 6. The SMILES string of the molecule is CCOC(=O)c1ccc(OCc2cnn(-c3ccccc3)c2)cc1. The van der Waals surface area contributed by atoms with E-state index in [1.54, 1.807) is 37.4 Å². The van der Waals surface area contributed by atoms with Crippen LogP contribution < -0.4 is 4.74 Å². The Bertz CT molecular complexity index is 795. The van der Waals surface area contributed by atoms with Gasteiger partial charge in [0.25, 0.3) is 0 Å². The number of esters is 1. The number of hydrogen-bond donors (Lipinski definition) is 0. The third-order valence-electron chi connectivity index (χ3n) is 3.43. The van der Waals surface area contributed by atoms with Gasteiger partial charge in [-0.1, -0.05) is 18.2 Å². The number of nitrogens with zero attached hydrogens (tertiary/aromatic N) is 2. The molecule has 0 amide bonds. The van der Waals surface area contributed by atoms with Crippen molar-refractivity contribution < 1.29 is 14.3 Å². The Balaban J connectivity index is 1.60. The zero-order chi connectivity index (χ0) is 16.8. The standard InChI is InChI=1S/C19H18N2O3/c1-2-23-19(22)16-8-10-18(11-9-16)24-14-15-12-20-21(13-15)17-6-4-3-5-7-17/h3-13H,2,14H2,1H3. The molecule has 2 aromatic carbocycles. The average Bonchev–Trinajstić information content (AvgIpc) is 3.10. The molecule has 0 saturated carbocycles. The van der Waals surface area contributed by atoms with Crippen LogP contribution in [0.25, 0.3) is 5.69 Å². The molecule has 0 radical (unpaired) electrons. The van der Waals surface area contributed by atoms with Crippen molar-refractivity contribution in [2.75, 3.05) is 6.61 Å². The summed E-state index contributed by atoms with van der Waals surface area (Å²) in [4.78, 5) is 11.6. The van der Waals surface area contributed by atoms with E-state index in [1.165, 1.54) is 0 Å². The third-order valence-corrected chi connectivity index (χ3v) is 3.43. The fraction of sp³-hybridized carbons (Fsp3) is 0.158. The minimum Gasteiger partial charge on any atom is -0.489 e. The predicted molar refractivity (Wildman–Crippen MR) is 90.3 cm³/mol. The first-order chi connectivity index (χ1) is 11.8. The summed E-state index contributed by atoms with van der Waals surface area (Å²) in [5, 5.41) is 4.33. The molecule has 0 fully saturated rings. The van der Waals surface area contributed by atoms with E-state index < -0.39 is 0 Å². The summed E-state index contributed by atoms with van der Waals surface area (Å²) in [6.07, 6.45) is 3.71. The van der Waals surface area contributed by atoms with Gasteiger partial charge in [0.05, 0.1) is 24.1 Å². The molecular formula is C19H18N2O3. The van der Waals surface area contributed by atoms with Gasteiger partial charge >= 0.3 is 5.97 Å². The van der Waals surface area contributed by atoms with Crippen LogP contribution in [0.1, 0.15) is 22.8 Å². The maximum atomic E-state index is 11.6. The van der Waals surface area contributed by atoms with Gasteiger partial charge < -0.3 is 9.47 Å². The highest BCUT2D eigenvalue weighted by Crippen LogP contribution is 2.15. The number of para-hydroxylation sites is 1. The number of benzene rings is 2. The highest BCUT2D eigenvalue weighted by Gasteiger charge is 2.06. The molecule has 0 unspecified atom stereocenters. The fourth-order valence-corrected chi connectivity index (χ4v) is 2.22. The van der Waals surface area contributed by atoms with Gasteiger partial charge in [0.1, 0.15) is 12.4 Å². The summed E-state index contributed by atoms with van der Waals surface area (Å²) in [6.45, 7) is 2.55. The first-order valence-corrected chi connectivity index (χ1v) is 7.75. The first kappa shape index (κ1) is 15.8. The molecule has 3 aromatic rings. The fourth-order valence-electron chi connectivity index (χ4n) is 2.22. The van der Waals surface area contributed by atoms with Crippen LogP contribution >= 0.6 is 0 Å². The maximum Gasteiger partial charge on any atom is 0.338 e. The van der Waals surface area contributed by atoms with E-state index in [-0.39, 0.29) is 5.97 Å². The van der Waals surface area contributed by atoms with Crippen molar-refractivity contribution in [3.05, 3.63) is 78.1 Å². The second kappa shape index (κ2) is 7.46. The van der Waals surface area contributed by atoms with Gasteiger partial charge in [0.15, 0.2) is 0 Å². The van der Waals surface area contributed by atoms with Gasteiger partial charge in [-0.3, -0.25) is 0 Å². The van der Waals surface area contributed by atoms with Crippen molar-refractivity contribution in [2.24, 2.45) is 0 Å². The lowest BCUT2D eigenvalue weighted by Gasteiger charge is -2.06. The molecule has 1 aromatic heterocycles. The Morgan fingerprint density at radius 2 is 1.83 bits per heavy atom. The zero-order valence-corrected chi connectivity index (χ0v) is 13.4. The molecule has 3 rings (SSSR count). The van der Waals surface area contributed by atoms with Crippen LogP contribution in [0.2, 0.25) is 0 Å². The highest BCUT2D eigenvalue weighted by molar-refractivity contribution is 5.89. The van der Waals surface area contributed by atoms with E-state index in [4.69, 9.17) is 9.47 Å². The van der Waals surface area contributed by atoms with Crippen molar-refractivity contribution in [1.82, 2.24) is 9.78 Å². The molecule has 1 heterocycles. The third kappa shape index (κ3) is 3.81. The van der Waals surface area contributed by atoms with E-state index in [0.29, 0.717) is 24.5 Å². The Morgan fingerprint density at radius 1 is 1.08 bits per heavy atom. The molecule has 0 aliphatic heterocycles. The molecule has 0 spiro atoms. The Labute approximate surface area is 140 Å². The number of carbonyl (C=O) groups excluding carboxylic acids is 1. The minimum absolute atomic E-state index is 0.326. The van der Waals surface area contributed by atoms with Gasteiger partial charge in [-0.25, -0.2) is 9.48 Å². The van der Waals surface area contributed by atoms with Crippen molar-refractivity contribution in [3.63, 3.8) is 0 Å². The molecule has 0 atom stereocenters. The topological polar surface area (TPSA) is 53.4 Å². The van der Waals surface area contributed by atoms with E-state index in [2.05, 4.69) is 5.10 Å². The van der Waals surface area contributed by atoms with Crippen LogP contribution in [0, 0.1) is 0 Å². The first-order valence-electron chi connectivity index (χ1n) is 7.75. The Kier molecular flexibility index (Phi) is 4.91. The molecule has 24 heavy (non-hydrogen) atoms. The van der Waals surface area contributed by atoms with Crippen LogP contribution in [-0.2, 0) is 11.3 Å². The smallest absolute Gasteiger partial charge is 0.338 e. The zero-order valence-electron chi connectivity index (χ0n) is 13.4. The summed E-state index contributed by atoms with van der Waals surface area (Å²) in [6, 6.07) is 16.8. The lowest BCUT2D eigenvalue weighted by Crippen LogP contribution is -2.04. The monoisotopic (exact) mass is 322 g/mol. The van der Waals surface area contributed by atoms with Gasteiger partial charge in [-0.2, -0.15) is 5.10 Å².